The molecule has 0 aliphatic carbocycles. The van der Waals surface area contributed by atoms with E-state index in [9.17, 15) is 23.5 Å². The van der Waals surface area contributed by atoms with E-state index in [0.29, 0.717) is 5.69 Å². The minimum Gasteiger partial charge on any atom is -0.508 e. The van der Waals surface area contributed by atoms with Crippen LogP contribution in [0.15, 0.2) is 42.5 Å². The Kier molecular flexibility index (Phi) is 4.51. The first-order valence-electron chi connectivity index (χ1n) is 7.54. The molecule has 130 valence electrons. The standard InChI is InChI=1S/C17H15F2N3O3/c18-12-6-10(23)7-13(19)14(12)11-8-20-16(24)15(11)22-17(25)21-9-4-2-1-3-5-9/h1-7,11,15,23H,8H2,(H,20,24)(H2,21,22,25). The summed E-state index contributed by atoms with van der Waals surface area (Å²) in [4.78, 5) is 24.1. The van der Waals surface area contributed by atoms with Crippen molar-refractivity contribution in [2.75, 3.05) is 11.9 Å². The number of benzene rings is 2. The van der Waals surface area contributed by atoms with Gasteiger partial charge in [0.25, 0.3) is 0 Å². The van der Waals surface area contributed by atoms with Gasteiger partial charge in [0.05, 0.1) is 0 Å². The van der Waals surface area contributed by atoms with Crippen molar-refractivity contribution in [3.8, 4) is 5.75 Å². The number of para-hydroxylation sites is 1. The summed E-state index contributed by atoms with van der Waals surface area (Å²) in [5.74, 6) is -3.99. The summed E-state index contributed by atoms with van der Waals surface area (Å²) in [6, 6.07) is 8.26. The molecule has 8 heteroatoms. The topological polar surface area (TPSA) is 90.5 Å². The van der Waals surface area contributed by atoms with E-state index in [1.807, 2.05) is 0 Å². The van der Waals surface area contributed by atoms with Gasteiger partial charge in [-0.05, 0) is 12.1 Å². The van der Waals surface area contributed by atoms with Crippen LogP contribution in [0.25, 0.3) is 0 Å². The number of anilines is 1. The molecule has 0 saturated carbocycles. The van der Waals surface area contributed by atoms with Gasteiger partial charge in [-0.15, -0.1) is 0 Å². The van der Waals surface area contributed by atoms with Crippen molar-refractivity contribution < 1.29 is 23.5 Å². The van der Waals surface area contributed by atoms with Gasteiger partial charge in [0.2, 0.25) is 5.91 Å². The highest BCUT2D eigenvalue weighted by Crippen LogP contribution is 2.31. The molecule has 2 unspecified atom stereocenters. The molecule has 0 aromatic heterocycles. The van der Waals surface area contributed by atoms with E-state index >= 15 is 0 Å². The van der Waals surface area contributed by atoms with Crippen molar-refractivity contribution in [3.05, 3.63) is 59.7 Å². The minimum absolute atomic E-state index is 0.0340. The molecule has 2 atom stereocenters. The molecule has 4 N–H and O–H groups in total. The molecule has 1 aliphatic heterocycles. The van der Waals surface area contributed by atoms with Gasteiger partial charge in [-0.25, -0.2) is 13.6 Å². The predicted octanol–water partition coefficient (Wildman–Crippen LogP) is 2.07. The average Bonchev–Trinajstić information content (AvgIpc) is 2.88. The smallest absolute Gasteiger partial charge is 0.319 e. The monoisotopic (exact) mass is 347 g/mol. The van der Waals surface area contributed by atoms with E-state index < -0.39 is 41.3 Å². The Morgan fingerprint density at radius 2 is 1.80 bits per heavy atom. The third-order valence-electron chi connectivity index (χ3n) is 3.93. The molecule has 25 heavy (non-hydrogen) atoms. The first kappa shape index (κ1) is 16.7. The maximum Gasteiger partial charge on any atom is 0.319 e. The van der Waals surface area contributed by atoms with Crippen LogP contribution in [0.1, 0.15) is 11.5 Å². The van der Waals surface area contributed by atoms with E-state index in [1.165, 1.54) is 0 Å². The Hall–Kier alpha value is -3.16. The lowest BCUT2D eigenvalue weighted by molar-refractivity contribution is -0.120. The normalized spacial score (nSPS) is 19.4. The van der Waals surface area contributed by atoms with Crippen LogP contribution >= 0.6 is 0 Å². The van der Waals surface area contributed by atoms with Gasteiger partial charge in [-0.1, -0.05) is 18.2 Å². The number of urea groups is 1. The van der Waals surface area contributed by atoms with Crippen molar-refractivity contribution in [1.29, 1.82) is 0 Å². The SMILES string of the molecule is O=C(Nc1ccccc1)NC1C(=O)NCC1c1c(F)cc(O)cc1F. The molecule has 1 fully saturated rings. The van der Waals surface area contributed by atoms with Crippen molar-refractivity contribution >= 4 is 17.6 Å². The number of carbonyl (C=O) groups is 2. The molecule has 0 radical (unpaired) electrons. The van der Waals surface area contributed by atoms with Crippen LogP contribution in [-0.2, 0) is 4.79 Å². The number of rotatable bonds is 3. The molecule has 1 saturated heterocycles. The lowest BCUT2D eigenvalue weighted by atomic mass is 9.93. The molecule has 2 aromatic rings. The zero-order valence-electron chi connectivity index (χ0n) is 12.9. The van der Waals surface area contributed by atoms with Crippen LogP contribution in [-0.4, -0.2) is 29.6 Å². The average molecular weight is 347 g/mol. The van der Waals surface area contributed by atoms with Crippen LogP contribution in [0.2, 0.25) is 0 Å². The number of hydrogen-bond acceptors (Lipinski definition) is 3. The van der Waals surface area contributed by atoms with Gasteiger partial charge in [-0.3, -0.25) is 4.79 Å². The van der Waals surface area contributed by atoms with Gasteiger partial charge in [0, 0.05) is 35.8 Å². The number of carbonyl (C=O) groups excluding carboxylic acids is 2. The number of phenolic OH excluding ortho intramolecular Hbond substituents is 1. The van der Waals surface area contributed by atoms with E-state index in [-0.39, 0.29) is 12.1 Å². The zero-order chi connectivity index (χ0) is 18.0. The Bertz CT molecular complexity index is 791. The maximum atomic E-state index is 14.1. The fourth-order valence-electron chi connectivity index (χ4n) is 2.81. The van der Waals surface area contributed by atoms with Crippen molar-refractivity contribution in [2.24, 2.45) is 0 Å². The highest BCUT2D eigenvalue weighted by Gasteiger charge is 2.39. The summed E-state index contributed by atoms with van der Waals surface area (Å²) in [7, 11) is 0. The summed E-state index contributed by atoms with van der Waals surface area (Å²) >= 11 is 0. The van der Waals surface area contributed by atoms with E-state index in [2.05, 4.69) is 16.0 Å². The fraction of sp³-hybridized carbons (Fsp3) is 0.176. The lowest BCUT2D eigenvalue weighted by Gasteiger charge is -2.20. The van der Waals surface area contributed by atoms with Gasteiger partial charge < -0.3 is 21.1 Å². The second-order valence-electron chi connectivity index (χ2n) is 5.62. The Labute approximate surface area is 141 Å². The van der Waals surface area contributed by atoms with E-state index in [4.69, 9.17) is 0 Å². The maximum absolute atomic E-state index is 14.1. The van der Waals surface area contributed by atoms with Gasteiger partial charge >= 0.3 is 6.03 Å². The second kappa shape index (κ2) is 6.76. The van der Waals surface area contributed by atoms with Crippen molar-refractivity contribution in [1.82, 2.24) is 10.6 Å². The molecular formula is C17H15F2N3O3. The van der Waals surface area contributed by atoms with Crippen molar-refractivity contribution in [3.63, 3.8) is 0 Å². The van der Waals surface area contributed by atoms with Gasteiger partial charge in [-0.2, -0.15) is 0 Å². The van der Waals surface area contributed by atoms with E-state index in [1.54, 1.807) is 30.3 Å². The molecular weight excluding hydrogens is 332 g/mol. The fourth-order valence-corrected chi connectivity index (χ4v) is 2.81. The number of nitrogens with one attached hydrogen (secondary N) is 3. The Morgan fingerprint density at radius 1 is 1.16 bits per heavy atom. The van der Waals surface area contributed by atoms with Crippen LogP contribution in [0.5, 0.6) is 5.75 Å². The second-order valence-corrected chi connectivity index (χ2v) is 5.62. The third kappa shape index (κ3) is 3.52. The molecule has 3 rings (SSSR count). The first-order chi connectivity index (χ1) is 12.0. The number of phenols is 1. The molecule has 3 amide bonds. The molecule has 2 aromatic carbocycles. The Morgan fingerprint density at radius 3 is 2.44 bits per heavy atom. The van der Waals surface area contributed by atoms with Crippen LogP contribution < -0.4 is 16.0 Å². The number of halogens is 2. The van der Waals surface area contributed by atoms with Gasteiger partial charge in [0.1, 0.15) is 23.4 Å². The lowest BCUT2D eigenvalue weighted by Crippen LogP contribution is -2.45. The molecule has 0 spiro atoms. The summed E-state index contributed by atoms with van der Waals surface area (Å²) < 4.78 is 28.2. The molecule has 6 nitrogen and oxygen atoms in total. The zero-order valence-corrected chi connectivity index (χ0v) is 12.9. The third-order valence-corrected chi connectivity index (χ3v) is 3.93. The first-order valence-corrected chi connectivity index (χ1v) is 7.54. The van der Waals surface area contributed by atoms with E-state index in [0.717, 1.165) is 12.1 Å². The Balaban J connectivity index is 1.80. The predicted molar refractivity (Wildman–Crippen MR) is 86.2 cm³/mol. The van der Waals surface area contributed by atoms with Crippen molar-refractivity contribution in [2.45, 2.75) is 12.0 Å². The largest absolute Gasteiger partial charge is 0.508 e. The molecule has 1 heterocycles. The summed E-state index contributed by atoms with van der Waals surface area (Å²) in [5, 5.41) is 16.7. The highest BCUT2D eigenvalue weighted by atomic mass is 19.1. The number of amides is 3. The van der Waals surface area contributed by atoms with Crippen LogP contribution in [0.4, 0.5) is 19.3 Å². The number of hydrogen-bond donors (Lipinski definition) is 4. The molecule has 1 aliphatic rings. The summed E-state index contributed by atoms with van der Waals surface area (Å²) in [6.07, 6.45) is 0. The van der Waals surface area contributed by atoms with Gasteiger partial charge in [0.15, 0.2) is 0 Å². The van der Waals surface area contributed by atoms with Crippen LogP contribution in [0.3, 0.4) is 0 Å². The number of aromatic hydroxyl groups is 1. The summed E-state index contributed by atoms with van der Waals surface area (Å²) in [6.45, 7) is -0.0340. The minimum atomic E-state index is -1.14. The highest BCUT2D eigenvalue weighted by molar-refractivity contribution is 5.95. The summed E-state index contributed by atoms with van der Waals surface area (Å²) in [5.41, 5.74) is 0.151. The van der Waals surface area contributed by atoms with Crippen LogP contribution in [0, 0.1) is 11.6 Å². The molecule has 0 bridgehead atoms. The quantitative estimate of drug-likeness (QED) is 0.685.